The van der Waals surface area contributed by atoms with Crippen LogP contribution in [0.25, 0.3) is 0 Å². The molecule has 110 valence electrons. The van der Waals surface area contributed by atoms with Gasteiger partial charge in [-0.15, -0.1) is 0 Å². The predicted molar refractivity (Wildman–Crippen MR) is 86.4 cm³/mol. The summed E-state index contributed by atoms with van der Waals surface area (Å²) in [6.07, 6.45) is 3.48. The number of hydrogen-bond donors (Lipinski definition) is 1. The Morgan fingerprint density at radius 3 is 2.52 bits per heavy atom. The van der Waals surface area contributed by atoms with Crippen molar-refractivity contribution < 1.29 is 4.74 Å². The summed E-state index contributed by atoms with van der Waals surface area (Å²) in [4.78, 5) is 0. The molecule has 2 unspecified atom stereocenters. The molecule has 0 aliphatic heterocycles. The Hall–Kier alpha value is -1.64. The van der Waals surface area contributed by atoms with Gasteiger partial charge in [0, 0.05) is 13.2 Å². The second-order valence-electron chi connectivity index (χ2n) is 5.79. The zero-order valence-corrected chi connectivity index (χ0v) is 12.6. The molecule has 21 heavy (non-hydrogen) atoms. The molecule has 2 aromatic rings. The molecule has 0 radical (unpaired) electrons. The lowest BCUT2D eigenvalue weighted by Crippen LogP contribution is -2.38. The van der Waals surface area contributed by atoms with Crippen LogP contribution in [0.2, 0.25) is 0 Å². The monoisotopic (exact) mass is 281 g/mol. The van der Waals surface area contributed by atoms with Gasteiger partial charge in [-0.1, -0.05) is 54.6 Å². The Labute approximate surface area is 127 Å². The van der Waals surface area contributed by atoms with Gasteiger partial charge < -0.3 is 10.1 Å². The first-order valence-corrected chi connectivity index (χ1v) is 7.73. The van der Waals surface area contributed by atoms with Crippen LogP contribution in [0.15, 0.2) is 54.6 Å². The first-order chi connectivity index (χ1) is 10.4. The van der Waals surface area contributed by atoms with E-state index in [4.69, 9.17) is 4.74 Å². The fourth-order valence-corrected chi connectivity index (χ4v) is 3.22. The maximum atomic E-state index is 5.41. The van der Waals surface area contributed by atoms with Gasteiger partial charge in [-0.05, 0) is 36.0 Å². The number of ether oxygens (including phenoxy) is 1. The van der Waals surface area contributed by atoms with Crippen molar-refractivity contribution in [2.24, 2.45) is 0 Å². The van der Waals surface area contributed by atoms with E-state index in [2.05, 4.69) is 59.9 Å². The fourth-order valence-electron chi connectivity index (χ4n) is 3.22. The van der Waals surface area contributed by atoms with Crippen LogP contribution in [-0.2, 0) is 17.6 Å². The van der Waals surface area contributed by atoms with Crippen molar-refractivity contribution in [3.63, 3.8) is 0 Å². The number of rotatable bonds is 5. The van der Waals surface area contributed by atoms with Gasteiger partial charge in [0.2, 0.25) is 0 Å². The standard InChI is InChI=1S/C19H23NO/c1-21-14-19(16-8-3-2-4-9-16)20-18-12-11-15-7-5-6-10-17(15)13-18/h2-10,18-20H,11-14H2,1H3. The zero-order valence-electron chi connectivity index (χ0n) is 12.6. The Balaban J connectivity index is 1.70. The van der Waals surface area contributed by atoms with E-state index in [9.17, 15) is 0 Å². The fraction of sp³-hybridized carbons (Fsp3) is 0.368. The molecule has 0 spiro atoms. The maximum absolute atomic E-state index is 5.41. The minimum absolute atomic E-state index is 0.270. The summed E-state index contributed by atoms with van der Waals surface area (Å²) in [7, 11) is 1.77. The van der Waals surface area contributed by atoms with Crippen LogP contribution in [0.5, 0.6) is 0 Å². The molecule has 3 rings (SSSR count). The van der Waals surface area contributed by atoms with Gasteiger partial charge in [0.15, 0.2) is 0 Å². The van der Waals surface area contributed by atoms with Crippen molar-refractivity contribution in [1.29, 1.82) is 0 Å². The summed E-state index contributed by atoms with van der Waals surface area (Å²) in [6.45, 7) is 0.710. The molecule has 2 heteroatoms. The molecular weight excluding hydrogens is 258 g/mol. The van der Waals surface area contributed by atoms with E-state index in [1.165, 1.54) is 29.5 Å². The van der Waals surface area contributed by atoms with Crippen LogP contribution in [0.1, 0.15) is 29.2 Å². The molecule has 2 nitrogen and oxygen atoms in total. The molecule has 2 aromatic carbocycles. The summed E-state index contributed by atoms with van der Waals surface area (Å²) >= 11 is 0. The van der Waals surface area contributed by atoms with E-state index in [1.807, 2.05) is 0 Å². The Kier molecular flexibility index (Phi) is 4.69. The molecule has 0 aromatic heterocycles. The van der Waals surface area contributed by atoms with Crippen LogP contribution < -0.4 is 5.32 Å². The third-order valence-corrected chi connectivity index (χ3v) is 4.32. The zero-order chi connectivity index (χ0) is 14.5. The topological polar surface area (TPSA) is 21.3 Å². The summed E-state index contributed by atoms with van der Waals surface area (Å²) in [5.74, 6) is 0. The Morgan fingerprint density at radius 2 is 1.76 bits per heavy atom. The van der Waals surface area contributed by atoms with Crippen molar-refractivity contribution >= 4 is 0 Å². The number of aryl methyl sites for hydroxylation is 1. The lowest BCUT2D eigenvalue weighted by atomic mass is 9.87. The Morgan fingerprint density at radius 1 is 1.05 bits per heavy atom. The predicted octanol–water partition coefficient (Wildman–Crippen LogP) is 3.52. The highest BCUT2D eigenvalue weighted by Gasteiger charge is 2.21. The normalized spacial score (nSPS) is 19.0. The minimum atomic E-state index is 0.270. The average Bonchev–Trinajstić information content (AvgIpc) is 2.55. The molecular formula is C19H23NO. The van der Waals surface area contributed by atoms with Crippen LogP contribution in [-0.4, -0.2) is 19.8 Å². The molecule has 0 bridgehead atoms. The first-order valence-electron chi connectivity index (χ1n) is 7.73. The third-order valence-electron chi connectivity index (χ3n) is 4.32. The molecule has 0 amide bonds. The summed E-state index contributed by atoms with van der Waals surface area (Å²) in [6, 6.07) is 20.2. The summed E-state index contributed by atoms with van der Waals surface area (Å²) < 4.78 is 5.41. The number of hydrogen-bond acceptors (Lipinski definition) is 2. The van der Waals surface area contributed by atoms with Gasteiger partial charge in [0.1, 0.15) is 0 Å². The van der Waals surface area contributed by atoms with Crippen LogP contribution in [0, 0.1) is 0 Å². The molecule has 0 saturated carbocycles. The number of fused-ring (bicyclic) bond motifs is 1. The van der Waals surface area contributed by atoms with Gasteiger partial charge in [0.25, 0.3) is 0 Å². The van der Waals surface area contributed by atoms with Crippen molar-refractivity contribution in [2.45, 2.75) is 31.3 Å². The molecule has 0 heterocycles. The quantitative estimate of drug-likeness (QED) is 0.905. The van der Waals surface area contributed by atoms with Crippen molar-refractivity contribution in [1.82, 2.24) is 5.32 Å². The van der Waals surface area contributed by atoms with E-state index < -0.39 is 0 Å². The smallest absolute Gasteiger partial charge is 0.0657 e. The summed E-state index contributed by atoms with van der Waals surface area (Å²) in [5, 5.41) is 3.79. The number of benzene rings is 2. The van der Waals surface area contributed by atoms with E-state index in [0.29, 0.717) is 12.6 Å². The molecule has 2 atom stereocenters. The lowest BCUT2D eigenvalue weighted by Gasteiger charge is -2.30. The highest BCUT2D eigenvalue weighted by molar-refractivity contribution is 5.30. The van der Waals surface area contributed by atoms with E-state index >= 15 is 0 Å². The third kappa shape index (κ3) is 3.52. The van der Waals surface area contributed by atoms with Gasteiger partial charge in [-0.2, -0.15) is 0 Å². The van der Waals surface area contributed by atoms with Gasteiger partial charge in [-0.25, -0.2) is 0 Å². The van der Waals surface area contributed by atoms with E-state index in [-0.39, 0.29) is 6.04 Å². The second-order valence-corrected chi connectivity index (χ2v) is 5.79. The minimum Gasteiger partial charge on any atom is -0.383 e. The van der Waals surface area contributed by atoms with Gasteiger partial charge in [-0.3, -0.25) is 0 Å². The molecule has 0 saturated heterocycles. The van der Waals surface area contributed by atoms with Crippen LogP contribution in [0.3, 0.4) is 0 Å². The van der Waals surface area contributed by atoms with Gasteiger partial charge in [0.05, 0.1) is 12.6 Å². The number of methoxy groups -OCH3 is 1. The lowest BCUT2D eigenvalue weighted by molar-refractivity contribution is 0.159. The summed E-state index contributed by atoms with van der Waals surface area (Å²) in [5.41, 5.74) is 4.31. The SMILES string of the molecule is COCC(NC1CCc2ccccc2C1)c1ccccc1. The first kappa shape index (κ1) is 14.3. The van der Waals surface area contributed by atoms with Crippen LogP contribution >= 0.6 is 0 Å². The van der Waals surface area contributed by atoms with E-state index in [1.54, 1.807) is 7.11 Å². The molecule has 1 aliphatic carbocycles. The maximum Gasteiger partial charge on any atom is 0.0657 e. The molecule has 0 fully saturated rings. The molecule has 1 N–H and O–H groups in total. The molecule has 1 aliphatic rings. The van der Waals surface area contributed by atoms with Crippen molar-refractivity contribution in [2.75, 3.05) is 13.7 Å². The van der Waals surface area contributed by atoms with Crippen molar-refractivity contribution in [3.05, 3.63) is 71.3 Å². The number of nitrogens with one attached hydrogen (secondary N) is 1. The Bertz CT molecular complexity index is 567. The van der Waals surface area contributed by atoms with Crippen LogP contribution in [0.4, 0.5) is 0 Å². The largest absolute Gasteiger partial charge is 0.383 e. The van der Waals surface area contributed by atoms with E-state index in [0.717, 1.165) is 6.42 Å². The van der Waals surface area contributed by atoms with Crippen molar-refractivity contribution in [3.8, 4) is 0 Å². The van der Waals surface area contributed by atoms with Gasteiger partial charge >= 0.3 is 0 Å². The second kappa shape index (κ2) is 6.88. The highest BCUT2D eigenvalue weighted by atomic mass is 16.5. The highest BCUT2D eigenvalue weighted by Crippen LogP contribution is 2.23. The average molecular weight is 281 g/mol.